The first-order valence-corrected chi connectivity index (χ1v) is 6.63. The Bertz CT molecular complexity index is 143. The molecule has 0 bridgehead atoms. The van der Waals surface area contributed by atoms with Crippen LogP contribution in [0, 0.1) is 0 Å². The Morgan fingerprint density at radius 3 is 2.14 bits per heavy atom. The van der Waals surface area contributed by atoms with Crippen LogP contribution in [-0.2, 0) is 13.3 Å². The minimum Gasteiger partial charge on any atom is -0.376 e. The van der Waals surface area contributed by atoms with Crippen LogP contribution < -0.4 is 5.32 Å². The Hall–Kier alpha value is 0.0169. The highest BCUT2D eigenvalue weighted by molar-refractivity contribution is 6.60. The minimum atomic E-state index is -2.48. The molecule has 86 valence electrons. The maximum absolute atomic E-state index is 5.65. The van der Waals surface area contributed by atoms with Crippen LogP contribution in [0.5, 0.6) is 0 Å². The maximum atomic E-state index is 5.65. The smallest absolute Gasteiger partial charge is 0.376 e. The number of nitrogens with zero attached hydrogens (tertiary/aromatic N) is 1. The van der Waals surface area contributed by atoms with E-state index in [1.54, 1.807) is 14.2 Å². The molecule has 0 aliphatic carbocycles. The molecule has 0 saturated heterocycles. The molecule has 0 radical (unpaired) electrons. The monoisotopic (exact) mass is 222 g/mol. The van der Waals surface area contributed by atoms with Crippen molar-refractivity contribution in [1.82, 2.24) is 10.2 Å². The molecule has 6 heteroatoms. The van der Waals surface area contributed by atoms with Gasteiger partial charge in [-0.25, -0.2) is 0 Å². The van der Waals surface area contributed by atoms with E-state index in [2.05, 4.69) is 5.32 Å². The molecule has 0 atom stereocenters. The van der Waals surface area contributed by atoms with Crippen molar-refractivity contribution in [3.8, 4) is 0 Å². The molecule has 0 amide bonds. The van der Waals surface area contributed by atoms with Gasteiger partial charge in [-0.3, -0.25) is 4.90 Å². The highest BCUT2D eigenvalue weighted by Crippen LogP contribution is 2.05. The summed E-state index contributed by atoms with van der Waals surface area (Å²) >= 11 is 0. The van der Waals surface area contributed by atoms with Gasteiger partial charge in [-0.05, 0) is 20.6 Å². The summed E-state index contributed by atoms with van der Waals surface area (Å²) in [6.07, 6.45) is 0.643. The highest BCUT2D eigenvalue weighted by atomic mass is 28.4. The normalized spacial score (nSPS) is 12.4. The Kier molecular flexibility index (Phi) is 7.34. The third-order valence-corrected chi connectivity index (χ3v) is 4.25. The molecule has 0 fully saturated rings. The van der Waals surface area contributed by atoms with Gasteiger partial charge in [0.15, 0.2) is 0 Å². The number of nitrogens with one attached hydrogen (secondary N) is 1. The second-order valence-electron chi connectivity index (χ2n) is 3.22. The largest absolute Gasteiger partial charge is 0.515 e. The first kappa shape index (κ1) is 14.0. The first-order chi connectivity index (χ1) is 6.60. The third-order valence-electron chi connectivity index (χ3n) is 1.76. The van der Waals surface area contributed by atoms with Gasteiger partial charge in [0.05, 0.1) is 12.9 Å². The quantitative estimate of drug-likeness (QED) is 0.459. The van der Waals surface area contributed by atoms with Gasteiger partial charge in [-0.1, -0.05) is 6.92 Å². The van der Waals surface area contributed by atoms with Gasteiger partial charge in [0.1, 0.15) is 0 Å². The number of hydrogen-bond acceptors (Lipinski definition) is 5. The van der Waals surface area contributed by atoms with Crippen molar-refractivity contribution in [3.05, 3.63) is 0 Å². The fraction of sp³-hybridized carbons (Fsp3) is 1.00. The van der Waals surface area contributed by atoms with Crippen LogP contribution in [0.15, 0.2) is 0 Å². The predicted molar refractivity (Wildman–Crippen MR) is 58.0 cm³/mol. The van der Waals surface area contributed by atoms with E-state index in [0.29, 0.717) is 12.9 Å². The van der Waals surface area contributed by atoms with Crippen molar-refractivity contribution in [2.24, 2.45) is 0 Å². The molecule has 0 aliphatic rings. The molecular weight excluding hydrogens is 200 g/mol. The van der Waals surface area contributed by atoms with Gasteiger partial charge in [-0.2, -0.15) is 0 Å². The van der Waals surface area contributed by atoms with E-state index < -0.39 is 8.80 Å². The summed E-state index contributed by atoms with van der Waals surface area (Å²) in [6, 6.07) is 0. The molecule has 1 N–H and O–H groups in total. The average Bonchev–Trinajstić information content (AvgIpc) is 2.19. The summed E-state index contributed by atoms with van der Waals surface area (Å²) in [5.41, 5.74) is 0. The van der Waals surface area contributed by atoms with Gasteiger partial charge in [0.2, 0.25) is 0 Å². The molecule has 0 aromatic heterocycles. The topological polar surface area (TPSA) is 43.0 Å². The second-order valence-corrected chi connectivity index (χ2v) is 6.05. The third kappa shape index (κ3) is 5.04. The zero-order chi connectivity index (χ0) is 11.0. The summed E-state index contributed by atoms with van der Waals surface area (Å²) in [5.74, 6) is 0. The summed E-state index contributed by atoms with van der Waals surface area (Å²) in [4.78, 5) is 1.94. The van der Waals surface area contributed by atoms with Gasteiger partial charge in [0, 0.05) is 14.2 Å². The van der Waals surface area contributed by atoms with Crippen molar-refractivity contribution >= 4 is 8.80 Å². The highest BCUT2D eigenvalue weighted by Gasteiger charge is 2.38. The SMILES string of the molecule is CCNC[Si](OC)(OC)OCN(C)C. The Morgan fingerprint density at radius 1 is 1.21 bits per heavy atom. The van der Waals surface area contributed by atoms with Crippen molar-refractivity contribution in [1.29, 1.82) is 0 Å². The van der Waals surface area contributed by atoms with Gasteiger partial charge in [0.25, 0.3) is 0 Å². The van der Waals surface area contributed by atoms with E-state index in [1.807, 2.05) is 25.9 Å². The fourth-order valence-corrected chi connectivity index (χ4v) is 2.71. The molecule has 0 unspecified atom stereocenters. The van der Waals surface area contributed by atoms with E-state index in [-0.39, 0.29) is 0 Å². The zero-order valence-corrected chi connectivity index (χ0v) is 10.8. The molecule has 0 saturated carbocycles. The lowest BCUT2D eigenvalue weighted by Crippen LogP contribution is -2.54. The first-order valence-electron chi connectivity index (χ1n) is 4.70. The Morgan fingerprint density at radius 2 is 1.79 bits per heavy atom. The minimum absolute atomic E-state index is 0.513. The van der Waals surface area contributed by atoms with Crippen LogP contribution in [0.3, 0.4) is 0 Å². The molecule has 0 aromatic carbocycles. The Balaban J connectivity index is 4.07. The molecular formula is C8H22N2O3Si. The lowest BCUT2D eigenvalue weighted by Gasteiger charge is -2.27. The molecule has 0 aliphatic heterocycles. The maximum Gasteiger partial charge on any atom is 0.515 e. The lowest BCUT2D eigenvalue weighted by atomic mass is 10.8. The van der Waals surface area contributed by atoms with E-state index in [9.17, 15) is 0 Å². The van der Waals surface area contributed by atoms with Crippen LogP contribution in [0.1, 0.15) is 6.92 Å². The number of rotatable bonds is 8. The molecule has 14 heavy (non-hydrogen) atoms. The van der Waals surface area contributed by atoms with Gasteiger partial charge < -0.3 is 18.6 Å². The van der Waals surface area contributed by atoms with Crippen molar-refractivity contribution in [3.63, 3.8) is 0 Å². The van der Waals surface area contributed by atoms with Crippen LogP contribution in [0.25, 0.3) is 0 Å². The summed E-state index contributed by atoms with van der Waals surface area (Å²) in [7, 11) is 4.66. The molecule has 0 heterocycles. The Labute approximate surface area is 87.7 Å². The van der Waals surface area contributed by atoms with E-state index >= 15 is 0 Å². The van der Waals surface area contributed by atoms with Crippen LogP contribution in [0.4, 0.5) is 0 Å². The fourth-order valence-electron chi connectivity index (χ4n) is 0.902. The summed E-state index contributed by atoms with van der Waals surface area (Å²) in [5, 5.41) is 3.18. The molecule has 0 rings (SSSR count). The summed E-state index contributed by atoms with van der Waals surface area (Å²) < 4.78 is 16.3. The molecule has 0 spiro atoms. The van der Waals surface area contributed by atoms with Crippen molar-refractivity contribution in [2.45, 2.75) is 6.92 Å². The summed E-state index contributed by atoms with van der Waals surface area (Å²) in [6.45, 7) is 3.43. The second kappa shape index (κ2) is 7.33. The van der Waals surface area contributed by atoms with Gasteiger partial charge in [-0.15, -0.1) is 0 Å². The number of hydrogen-bond donors (Lipinski definition) is 1. The molecule has 0 aromatic rings. The van der Waals surface area contributed by atoms with Crippen LogP contribution in [0.2, 0.25) is 0 Å². The standard InChI is InChI=1S/C8H22N2O3Si/c1-6-9-7-14(11-4,12-5)13-8-10(2)3/h9H,6-8H2,1-5H3. The van der Waals surface area contributed by atoms with E-state index in [0.717, 1.165) is 6.54 Å². The predicted octanol–water partition coefficient (Wildman–Crippen LogP) is -0.0975. The van der Waals surface area contributed by atoms with Crippen molar-refractivity contribution in [2.75, 3.05) is 47.8 Å². The van der Waals surface area contributed by atoms with Gasteiger partial charge >= 0.3 is 8.80 Å². The van der Waals surface area contributed by atoms with Crippen LogP contribution in [-0.4, -0.2) is 61.5 Å². The van der Waals surface area contributed by atoms with Crippen LogP contribution >= 0.6 is 0 Å². The molecule has 5 nitrogen and oxygen atoms in total. The zero-order valence-electron chi connectivity index (χ0n) is 9.79. The van der Waals surface area contributed by atoms with E-state index in [4.69, 9.17) is 13.3 Å². The van der Waals surface area contributed by atoms with E-state index in [1.165, 1.54) is 0 Å². The average molecular weight is 222 g/mol. The lowest BCUT2D eigenvalue weighted by molar-refractivity contribution is 0.0556. The van der Waals surface area contributed by atoms with Crippen molar-refractivity contribution < 1.29 is 13.3 Å².